The van der Waals surface area contributed by atoms with Gasteiger partial charge >= 0.3 is 0 Å². The third-order valence-electron chi connectivity index (χ3n) is 3.16. The lowest BCUT2D eigenvalue weighted by Gasteiger charge is -2.09. The Kier molecular flexibility index (Phi) is 5.16. The fourth-order valence-electron chi connectivity index (χ4n) is 1.91. The average molecular weight is 291 g/mol. The van der Waals surface area contributed by atoms with Crippen molar-refractivity contribution in [2.45, 2.75) is 26.3 Å². The second-order valence-electron chi connectivity index (χ2n) is 4.71. The first-order chi connectivity index (χ1) is 10.2. The van der Waals surface area contributed by atoms with Gasteiger partial charge < -0.3 is 19.3 Å². The van der Waals surface area contributed by atoms with Gasteiger partial charge in [-0.05, 0) is 39.1 Å². The topological polar surface area (TPSA) is 69.4 Å². The van der Waals surface area contributed by atoms with Crippen molar-refractivity contribution in [3.05, 3.63) is 24.0 Å². The third-order valence-corrected chi connectivity index (χ3v) is 3.16. The molecule has 1 N–H and O–H groups in total. The van der Waals surface area contributed by atoms with Gasteiger partial charge in [0.05, 0.1) is 13.7 Å². The van der Waals surface area contributed by atoms with Crippen LogP contribution in [0.1, 0.15) is 19.7 Å². The van der Waals surface area contributed by atoms with E-state index in [4.69, 9.17) is 14.0 Å². The van der Waals surface area contributed by atoms with E-state index in [1.807, 2.05) is 32.2 Å². The van der Waals surface area contributed by atoms with Crippen LogP contribution in [0.5, 0.6) is 11.5 Å². The second-order valence-corrected chi connectivity index (χ2v) is 4.71. The van der Waals surface area contributed by atoms with Crippen LogP contribution in [-0.4, -0.2) is 36.9 Å². The van der Waals surface area contributed by atoms with Gasteiger partial charge in [0.15, 0.2) is 17.3 Å². The van der Waals surface area contributed by atoms with Crippen molar-refractivity contribution in [1.82, 2.24) is 15.5 Å². The molecule has 1 unspecified atom stereocenters. The highest BCUT2D eigenvalue weighted by atomic mass is 16.5. The molecule has 1 aromatic heterocycles. The highest BCUT2D eigenvalue weighted by Gasteiger charge is 2.13. The van der Waals surface area contributed by atoms with Gasteiger partial charge in [0.2, 0.25) is 0 Å². The Morgan fingerprint density at radius 3 is 2.81 bits per heavy atom. The van der Waals surface area contributed by atoms with Crippen LogP contribution >= 0.6 is 0 Å². The van der Waals surface area contributed by atoms with E-state index in [2.05, 4.69) is 22.4 Å². The standard InChI is InChI=1S/C15H21N3O3/c1-5-20-12-7-6-11(9-13(12)19-4)15-17-14(18-21-15)8-10(2)16-3/h6-7,9-10,16H,5,8H2,1-4H3. The molecule has 2 rings (SSSR count). The van der Waals surface area contributed by atoms with Gasteiger partial charge in [-0.1, -0.05) is 5.16 Å². The quantitative estimate of drug-likeness (QED) is 0.844. The van der Waals surface area contributed by atoms with E-state index in [0.29, 0.717) is 42.3 Å². The summed E-state index contributed by atoms with van der Waals surface area (Å²) < 4.78 is 16.1. The van der Waals surface area contributed by atoms with E-state index >= 15 is 0 Å². The Morgan fingerprint density at radius 2 is 2.14 bits per heavy atom. The fourth-order valence-corrected chi connectivity index (χ4v) is 1.91. The number of rotatable bonds is 7. The molecule has 0 aliphatic carbocycles. The Hall–Kier alpha value is -2.08. The highest BCUT2D eigenvalue weighted by molar-refractivity contribution is 5.59. The van der Waals surface area contributed by atoms with Crippen molar-refractivity contribution < 1.29 is 14.0 Å². The minimum atomic E-state index is 0.297. The van der Waals surface area contributed by atoms with Crippen LogP contribution in [-0.2, 0) is 6.42 Å². The molecule has 21 heavy (non-hydrogen) atoms. The van der Waals surface area contributed by atoms with Gasteiger partial charge in [-0.2, -0.15) is 4.98 Å². The van der Waals surface area contributed by atoms with Gasteiger partial charge in [0.25, 0.3) is 5.89 Å². The lowest BCUT2D eigenvalue weighted by Crippen LogP contribution is -2.24. The van der Waals surface area contributed by atoms with Crippen molar-refractivity contribution in [2.24, 2.45) is 0 Å². The van der Waals surface area contributed by atoms with Gasteiger partial charge in [-0.25, -0.2) is 0 Å². The predicted octanol–water partition coefficient (Wildman–Crippen LogP) is 2.29. The van der Waals surface area contributed by atoms with E-state index in [-0.39, 0.29) is 0 Å². The third kappa shape index (κ3) is 3.72. The van der Waals surface area contributed by atoms with E-state index in [9.17, 15) is 0 Å². The summed E-state index contributed by atoms with van der Waals surface area (Å²) in [5.74, 6) is 2.51. The maximum Gasteiger partial charge on any atom is 0.258 e. The molecule has 0 amide bonds. The van der Waals surface area contributed by atoms with E-state index in [1.165, 1.54) is 0 Å². The maximum absolute atomic E-state index is 5.49. The number of likely N-dealkylation sites (N-methyl/N-ethyl adjacent to an activating group) is 1. The average Bonchev–Trinajstić information content (AvgIpc) is 2.96. The van der Waals surface area contributed by atoms with Crippen molar-refractivity contribution in [3.8, 4) is 23.0 Å². The summed E-state index contributed by atoms with van der Waals surface area (Å²) in [4.78, 5) is 4.41. The number of nitrogens with one attached hydrogen (secondary N) is 1. The molecule has 0 aliphatic heterocycles. The molecule has 0 radical (unpaired) electrons. The number of hydrogen-bond donors (Lipinski definition) is 1. The molecule has 1 atom stereocenters. The maximum atomic E-state index is 5.49. The summed E-state index contributed by atoms with van der Waals surface area (Å²) in [6, 6.07) is 5.86. The van der Waals surface area contributed by atoms with E-state index in [1.54, 1.807) is 7.11 Å². The molecular formula is C15H21N3O3. The van der Waals surface area contributed by atoms with Crippen LogP contribution in [0.2, 0.25) is 0 Å². The number of ether oxygens (including phenoxy) is 2. The molecular weight excluding hydrogens is 270 g/mol. The molecule has 0 saturated heterocycles. The lowest BCUT2D eigenvalue weighted by molar-refractivity contribution is 0.311. The van der Waals surface area contributed by atoms with Crippen LogP contribution in [0.4, 0.5) is 0 Å². The monoisotopic (exact) mass is 291 g/mol. The van der Waals surface area contributed by atoms with Gasteiger partial charge in [-0.15, -0.1) is 0 Å². The Balaban J connectivity index is 2.22. The van der Waals surface area contributed by atoms with Crippen molar-refractivity contribution in [1.29, 1.82) is 0 Å². The molecule has 2 aromatic rings. The highest BCUT2D eigenvalue weighted by Crippen LogP contribution is 2.31. The summed E-state index contributed by atoms with van der Waals surface area (Å²) in [6.45, 7) is 4.58. The van der Waals surface area contributed by atoms with Crippen molar-refractivity contribution in [2.75, 3.05) is 20.8 Å². The number of aromatic nitrogens is 2. The smallest absolute Gasteiger partial charge is 0.258 e. The number of nitrogens with zero attached hydrogens (tertiary/aromatic N) is 2. The van der Waals surface area contributed by atoms with Gasteiger partial charge in [0.1, 0.15) is 0 Å². The molecule has 0 saturated carbocycles. The van der Waals surface area contributed by atoms with Gasteiger partial charge in [0, 0.05) is 18.0 Å². The van der Waals surface area contributed by atoms with Crippen LogP contribution in [0.25, 0.3) is 11.5 Å². The van der Waals surface area contributed by atoms with Crippen LogP contribution < -0.4 is 14.8 Å². The minimum Gasteiger partial charge on any atom is -0.493 e. The molecule has 0 bridgehead atoms. The first-order valence-electron chi connectivity index (χ1n) is 6.99. The molecule has 114 valence electrons. The van der Waals surface area contributed by atoms with E-state index in [0.717, 1.165) is 5.56 Å². The molecule has 1 aromatic carbocycles. The van der Waals surface area contributed by atoms with Crippen molar-refractivity contribution >= 4 is 0 Å². The summed E-state index contributed by atoms with van der Waals surface area (Å²) in [7, 11) is 3.51. The molecule has 1 heterocycles. The Bertz CT molecular complexity index is 583. The molecule has 6 heteroatoms. The largest absolute Gasteiger partial charge is 0.493 e. The number of benzene rings is 1. The normalized spacial score (nSPS) is 12.2. The zero-order chi connectivity index (χ0) is 15.2. The van der Waals surface area contributed by atoms with E-state index < -0.39 is 0 Å². The molecule has 0 spiro atoms. The minimum absolute atomic E-state index is 0.297. The Labute approximate surface area is 124 Å². The summed E-state index contributed by atoms with van der Waals surface area (Å²) >= 11 is 0. The van der Waals surface area contributed by atoms with Crippen LogP contribution in [0.3, 0.4) is 0 Å². The number of hydrogen-bond acceptors (Lipinski definition) is 6. The SMILES string of the molecule is CCOc1ccc(-c2nc(CC(C)NC)no2)cc1OC. The molecule has 0 aliphatic rings. The van der Waals surface area contributed by atoms with Crippen molar-refractivity contribution in [3.63, 3.8) is 0 Å². The number of methoxy groups -OCH3 is 1. The summed E-state index contributed by atoms with van der Waals surface area (Å²) in [5, 5.41) is 7.14. The molecule has 0 fully saturated rings. The summed E-state index contributed by atoms with van der Waals surface area (Å²) in [6.07, 6.45) is 0.716. The zero-order valence-corrected chi connectivity index (χ0v) is 12.8. The van der Waals surface area contributed by atoms with Crippen LogP contribution in [0.15, 0.2) is 22.7 Å². The summed E-state index contributed by atoms with van der Waals surface area (Å²) in [5.41, 5.74) is 0.811. The fraction of sp³-hybridized carbons (Fsp3) is 0.467. The Morgan fingerprint density at radius 1 is 1.33 bits per heavy atom. The predicted molar refractivity (Wildman–Crippen MR) is 79.7 cm³/mol. The zero-order valence-electron chi connectivity index (χ0n) is 12.8. The lowest BCUT2D eigenvalue weighted by atomic mass is 10.2. The second kappa shape index (κ2) is 7.08. The molecule has 6 nitrogen and oxygen atoms in total. The first kappa shape index (κ1) is 15.3. The first-order valence-corrected chi connectivity index (χ1v) is 6.99. The van der Waals surface area contributed by atoms with Crippen LogP contribution in [0, 0.1) is 0 Å². The van der Waals surface area contributed by atoms with Gasteiger partial charge in [-0.3, -0.25) is 0 Å².